The summed E-state index contributed by atoms with van der Waals surface area (Å²) < 4.78 is 6.24. The van der Waals surface area contributed by atoms with Gasteiger partial charge in [0.1, 0.15) is 11.9 Å². The molecule has 1 saturated carbocycles. The zero-order chi connectivity index (χ0) is 13.1. The van der Waals surface area contributed by atoms with Gasteiger partial charge in [-0.3, -0.25) is 0 Å². The first-order chi connectivity index (χ1) is 8.60. The van der Waals surface area contributed by atoms with Crippen LogP contribution in [-0.2, 0) is 0 Å². The van der Waals surface area contributed by atoms with Crippen LogP contribution in [0.4, 0.5) is 0 Å². The Bertz CT molecular complexity index is 390. The van der Waals surface area contributed by atoms with Crippen LogP contribution < -0.4 is 10.1 Å². The van der Waals surface area contributed by atoms with Gasteiger partial charge in [0.15, 0.2) is 0 Å². The molecule has 0 heterocycles. The predicted molar refractivity (Wildman–Crippen MR) is 76.0 cm³/mol. The first-order valence-electron chi connectivity index (χ1n) is 7.00. The van der Waals surface area contributed by atoms with E-state index in [9.17, 15) is 0 Å². The van der Waals surface area contributed by atoms with E-state index in [1.807, 2.05) is 7.05 Å². The molecule has 4 unspecified atom stereocenters. The first-order valence-corrected chi connectivity index (χ1v) is 7.00. The second-order valence-electron chi connectivity index (χ2n) is 5.85. The van der Waals surface area contributed by atoms with Crippen molar-refractivity contribution < 1.29 is 4.74 Å². The van der Waals surface area contributed by atoms with Crippen molar-refractivity contribution in [2.75, 3.05) is 7.05 Å². The molecule has 0 bridgehead atoms. The molecule has 1 aliphatic rings. The van der Waals surface area contributed by atoms with Gasteiger partial charge in [-0.2, -0.15) is 0 Å². The summed E-state index contributed by atoms with van der Waals surface area (Å²) in [5.74, 6) is 2.39. The minimum Gasteiger partial charge on any atom is -0.489 e. The maximum atomic E-state index is 6.24. The van der Waals surface area contributed by atoms with Gasteiger partial charge in [0, 0.05) is 6.04 Å². The van der Waals surface area contributed by atoms with Crippen molar-refractivity contribution in [3.8, 4) is 5.75 Å². The van der Waals surface area contributed by atoms with Crippen LogP contribution in [0.5, 0.6) is 5.75 Å². The Kier molecular flexibility index (Phi) is 4.28. The molecular formula is C16H25NO. The fraction of sp³-hybridized carbons (Fsp3) is 0.625. The van der Waals surface area contributed by atoms with Crippen molar-refractivity contribution in [2.24, 2.45) is 11.8 Å². The Balaban J connectivity index is 2.10. The third-order valence-electron chi connectivity index (χ3n) is 4.02. The van der Waals surface area contributed by atoms with E-state index in [0.29, 0.717) is 12.0 Å². The average molecular weight is 247 g/mol. The van der Waals surface area contributed by atoms with Gasteiger partial charge in [0.25, 0.3) is 0 Å². The van der Waals surface area contributed by atoms with Crippen LogP contribution in [0.1, 0.15) is 32.3 Å². The lowest BCUT2D eigenvalue weighted by Crippen LogP contribution is -2.49. The SMILES string of the molecule is CNC1CC(C)CC(C)C1Oc1cccc(C)c1. The Morgan fingerprint density at radius 2 is 2.00 bits per heavy atom. The van der Waals surface area contributed by atoms with E-state index < -0.39 is 0 Å². The van der Waals surface area contributed by atoms with E-state index in [2.05, 4.69) is 50.4 Å². The number of benzene rings is 1. The zero-order valence-electron chi connectivity index (χ0n) is 11.9. The summed E-state index contributed by atoms with van der Waals surface area (Å²) in [5.41, 5.74) is 1.25. The van der Waals surface area contributed by atoms with E-state index >= 15 is 0 Å². The van der Waals surface area contributed by atoms with E-state index in [0.717, 1.165) is 11.7 Å². The number of nitrogens with one attached hydrogen (secondary N) is 1. The molecule has 0 aliphatic heterocycles. The number of hydrogen-bond donors (Lipinski definition) is 1. The predicted octanol–water partition coefficient (Wildman–Crippen LogP) is 3.40. The molecule has 0 spiro atoms. The highest BCUT2D eigenvalue weighted by molar-refractivity contribution is 5.27. The summed E-state index contributed by atoms with van der Waals surface area (Å²) in [7, 11) is 2.04. The van der Waals surface area contributed by atoms with Gasteiger partial charge < -0.3 is 10.1 Å². The minimum atomic E-state index is 0.285. The third kappa shape index (κ3) is 3.05. The molecule has 1 aromatic rings. The molecule has 4 atom stereocenters. The normalized spacial score (nSPS) is 32.2. The maximum absolute atomic E-state index is 6.24. The van der Waals surface area contributed by atoms with Gasteiger partial charge >= 0.3 is 0 Å². The van der Waals surface area contributed by atoms with Crippen LogP contribution in [0.15, 0.2) is 24.3 Å². The van der Waals surface area contributed by atoms with Crippen molar-refractivity contribution in [3.63, 3.8) is 0 Å². The third-order valence-corrected chi connectivity index (χ3v) is 4.02. The van der Waals surface area contributed by atoms with E-state index in [1.165, 1.54) is 18.4 Å². The number of rotatable bonds is 3. The molecule has 2 heteroatoms. The second-order valence-corrected chi connectivity index (χ2v) is 5.85. The van der Waals surface area contributed by atoms with Crippen LogP contribution in [0.25, 0.3) is 0 Å². The van der Waals surface area contributed by atoms with Crippen molar-refractivity contribution in [3.05, 3.63) is 29.8 Å². The topological polar surface area (TPSA) is 21.3 Å². The Hall–Kier alpha value is -1.02. The lowest BCUT2D eigenvalue weighted by molar-refractivity contribution is 0.0506. The molecular weight excluding hydrogens is 222 g/mol. The van der Waals surface area contributed by atoms with Crippen LogP contribution in [0.3, 0.4) is 0 Å². The van der Waals surface area contributed by atoms with Crippen LogP contribution >= 0.6 is 0 Å². The molecule has 1 aliphatic carbocycles. The van der Waals surface area contributed by atoms with Crippen molar-refractivity contribution in [2.45, 2.75) is 45.8 Å². The van der Waals surface area contributed by atoms with E-state index in [-0.39, 0.29) is 6.10 Å². The van der Waals surface area contributed by atoms with Gasteiger partial charge in [-0.25, -0.2) is 0 Å². The number of likely N-dealkylation sites (N-methyl/N-ethyl adjacent to an activating group) is 1. The first kappa shape index (κ1) is 13.4. The Labute approximate surface area is 111 Å². The Morgan fingerprint density at radius 3 is 2.67 bits per heavy atom. The monoisotopic (exact) mass is 247 g/mol. The largest absolute Gasteiger partial charge is 0.489 e. The molecule has 2 rings (SSSR count). The molecule has 0 aromatic heterocycles. The highest BCUT2D eigenvalue weighted by Gasteiger charge is 2.34. The van der Waals surface area contributed by atoms with E-state index in [4.69, 9.17) is 4.74 Å². The summed E-state index contributed by atoms with van der Waals surface area (Å²) in [4.78, 5) is 0. The summed E-state index contributed by atoms with van der Waals surface area (Å²) in [5, 5.41) is 3.42. The van der Waals surface area contributed by atoms with Gasteiger partial charge in [0.05, 0.1) is 0 Å². The van der Waals surface area contributed by atoms with E-state index in [1.54, 1.807) is 0 Å². The fourth-order valence-electron chi connectivity index (χ4n) is 3.16. The molecule has 1 fully saturated rings. The van der Waals surface area contributed by atoms with Gasteiger partial charge in [-0.1, -0.05) is 26.0 Å². The highest BCUT2D eigenvalue weighted by Crippen LogP contribution is 2.32. The van der Waals surface area contributed by atoms with Crippen LogP contribution in [0.2, 0.25) is 0 Å². The van der Waals surface area contributed by atoms with Crippen molar-refractivity contribution >= 4 is 0 Å². The lowest BCUT2D eigenvalue weighted by Gasteiger charge is -2.39. The van der Waals surface area contributed by atoms with Crippen molar-refractivity contribution in [1.29, 1.82) is 0 Å². The molecule has 0 saturated heterocycles. The summed E-state index contributed by atoms with van der Waals surface area (Å²) >= 11 is 0. The number of ether oxygens (including phenoxy) is 1. The maximum Gasteiger partial charge on any atom is 0.120 e. The van der Waals surface area contributed by atoms with Gasteiger partial charge in [-0.05, 0) is 56.3 Å². The molecule has 1 N–H and O–H groups in total. The molecule has 18 heavy (non-hydrogen) atoms. The minimum absolute atomic E-state index is 0.285. The van der Waals surface area contributed by atoms with Crippen LogP contribution in [-0.4, -0.2) is 19.2 Å². The average Bonchev–Trinajstić information content (AvgIpc) is 2.32. The quantitative estimate of drug-likeness (QED) is 0.884. The summed E-state index contributed by atoms with van der Waals surface area (Å²) in [6.45, 7) is 6.75. The molecule has 1 aromatic carbocycles. The number of hydrogen-bond acceptors (Lipinski definition) is 2. The molecule has 0 amide bonds. The van der Waals surface area contributed by atoms with Gasteiger partial charge in [-0.15, -0.1) is 0 Å². The highest BCUT2D eigenvalue weighted by atomic mass is 16.5. The number of aryl methyl sites for hydroxylation is 1. The molecule has 100 valence electrons. The second kappa shape index (κ2) is 5.75. The molecule has 2 nitrogen and oxygen atoms in total. The lowest BCUT2D eigenvalue weighted by atomic mass is 9.78. The summed E-state index contributed by atoms with van der Waals surface area (Å²) in [6, 6.07) is 8.82. The smallest absolute Gasteiger partial charge is 0.120 e. The van der Waals surface area contributed by atoms with Gasteiger partial charge in [0.2, 0.25) is 0 Å². The fourth-order valence-corrected chi connectivity index (χ4v) is 3.16. The Morgan fingerprint density at radius 1 is 1.22 bits per heavy atom. The van der Waals surface area contributed by atoms with Crippen LogP contribution in [0, 0.1) is 18.8 Å². The molecule has 0 radical (unpaired) electrons. The van der Waals surface area contributed by atoms with Crippen molar-refractivity contribution in [1.82, 2.24) is 5.32 Å². The standard InChI is InChI=1S/C16H25NO/c1-11-6-5-7-14(9-11)18-16-13(3)8-12(2)10-15(16)17-4/h5-7,9,12-13,15-17H,8,10H2,1-4H3. The zero-order valence-corrected chi connectivity index (χ0v) is 11.9. The summed E-state index contributed by atoms with van der Waals surface area (Å²) in [6.07, 6.45) is 2.75.